The van der Waals surface area contributed by atoms with Gasteiger partial charge in [-0.25, -0.2) is 4.79 Å². The lowest BCUT2D eigenvalue weighted by Gasteiger charge is -2.09. The number of amides is 1. The smallest absolute Gasteiger partial charge is 0.337 e. The number of benzene rings is 2. The van der Waals surface area contributed by atoms with Crippen LogP contribution in [0.25, 0.3) is 0 Å². The first-order chi connectivity index (χ1) is 9.90. The van der Waals surface area contributed by atoms with Gasteiger partial charge in [0.2, 0.25) is 0 Å². The summed E-state index contributed by atoms with van der Waals surface area (Å²) in [6.07, 6.45) is 0. The number of carboxylic acid groups (broad SMARTS) is 1. The average Bonchev–Trinajstić information content (AvgIpc) is 2.43. The van der Waals surface area contributed by atoms with Crippen molar-refractivity contribution < 1.29 is 24.9 Å². The summed E-state index contributed by atoms with van der Waals surface area (Å²) in [5.74, 6) is -2.90. The van der Waals surface area contributed by atoms with Crippen LogP contribution in [0.2, 0.25) is 5.02 Å². The number of nitrogens with one attached hydrogen (secondary N) is 1. The van der Waals surface area contributed by atoms with Gasteiger partial charge in [0.1, 0.15) is 0 Å². The number of halogens is 1. The number of hydrogen-bond acceptors (Lipinski definition) is 4. The van der Waals surface area contributed by atoms with Gasteiger partial charge in [-0.1, -0.05) is 17.7 Å². The van der Waals surface area contributed by atoms with Crippen molar-refractivity contribution in [2.24, 2.45) is 0 Å². The van der Waals surface area contributed by atoms with E-state index in [0.29, 0.717) is 0 Å². The van der Waals surface area contributed by atoms with Crippen LogP contribution in [0, 0.1) is 0 Å². The molecular formula is C14H10ClNO5. The lowest BCUT2D eigenvalue weighted by atomic mass is 10.1. The van der Waals surface area contributed by atoms with Crippen LogP contribution < -0.4 is 5.32 Å². The first-order valence-corrected chi connectivity index (χ1v) is 6.13. The Labute approximate surface area is 124 Å². The molecule has 2 rings (SSSR count). The Hall–Kier alpha value is -2.73. The third-order valence-electron chi connectivity index (χ3n) is 2.71. The number of para-hydroxylation sites is 1. The fraction of sp³-hybridized carbons (Fsp3) is 0. The molecule has 0 aliphatic carbocycles. The monoisotopic (exact) mass is 307 g/mol. The van der Waals surface area contributed by atoms with E-state index >= 15 is 0 Å². The summed E-state index contributed by atoms with van der Waals surface area (Å²) in [5, 5.41) is 30.4. The van der Waals surface area contributed by atoms with Gasteiger partial charge in [-0.3, -0.25) is 4.79 Å². The summed E-state index contributed by atoms with van der Waals surface area (Å²) in [6.45, 7) is 0. The van der Waals surface area contributed by atoms with Gasteiger partial charge in [0, 0.05) is 5.69 Å². The van der Waals surface area contributed by atoms with Gasteiger partial charge >= 0.3 is 5.97 Å². The van der Waals surface area contributed by atoms with E-state index in [1.807, 2.05) is 0 Å². The van der Waals surface area contributed by atoms with Crippen molar-refractivity contribution >= 4 is 29.2 Å². The van der Waals surface area contributed by atoms with E-state index in [1.54, 1.807) is 0 Å². The zero-order valence-corrected chi connectivity index (χ0v) is 11.3. The second-order valence-electron chi connectivity index (χ2n) is 4.13. The van der Waals surface area contributed by atoms with Crippen molar-refractivity contribution in [3.05, 3.63) is 52.5 Å². The Bertz CT molecular complexity index is 729. The van der Waals surface area contributed by atoms with E-state index in [4.69, 9.17) is 16.7 Å². The third-order valence-corrected chi connectivity index (χ3v) is 3.04. The number of rotatable bonds is 3. The number of aromatic carboxylic acids is 1. The largest absolute Gasteiger partial charge is 0.504 e. The molecule has 0 aliphatic rings. The minimum absolute atomic E-state index is 0.0423. The first kappa shape index (κ1) is 14.7. The highest BCUT2D eigenvalue weighted by Gasteiger charge is 2.15. The predicted molar refractivity (Wildman–Crippen MR) is 76.1 cm³/mol. The number of carbonyl (C=O) groups excluding carboxylic acids is 1. The molecule has 0 spiro atoms. The summed E-state index contributed by atoms with van der Waals surface area (Å²) >= 11 is 5.72. The normalized spacial score (nSPS) is 10.1. The average molecular weight is 308 g/mol. The molecule has 7 heteroatoms. The van der Waals surface area contributed by atoms with Gasteiger partial charge in [-0.15, -0.1) is 0 Å². The van der Waals surface area contributed by atoms with Crippen LogP contribution in [0.5, 0.6) is 11.5 Å². The minimum Gasteiger partial charge on any atom is -0.504 e. The van der Waals surface area contributed by atoms with Crippen LogP contribution in [-0.4, -0.2) is 27.2 Å². The van der Waals surface area contributed by atoms with Crippen molar-refractivity contribution in [1.82, 2.24) is 0 Å². The number of phenolic OH excluding ortho intramolecular Hbond substituents is 2. The van der Waals surface area contributed by atoms with E-state index in [1.165, 1.54) is 36.4 Å². The number of carbonyl (C=O) groups is 2. The summed E-state index contributed by atoms with van der Waals surface area (Å²) in [5.41, 5.74) is -0.0963. The molecule has 0 radical (unpaired) electrons. The molecule has 0 saturated carbocycles. The van der Waals surface area contributed by atoms with Crippen molar-refractivity contribution in [2.75, 3.05) is 5.32 Å². The molecule has 0 aromatic heterocycles. The van der Waals surface area contributed by atoms with Gasteiger partial charge in [0.05, 0.1) is 16.1 Å². The first-order valence-electron chi connectivity index (χ1n) is 5.75. The molecule has 21 heavy (non-hydrogen) atoms. The maximum Gasteiger partial charge on any atom is 0.337 e. The summed E-state index contributed by atoms with van der Waals surface area (Å²) in [4.78, 5) is 22.9. The number of aromatic hydroxyl groups is 2. The van der Waals surface area contributed by atoms with Crippen molar-refractivity contribution in [1.29, 1.82) is 0 Å². The van der Waals surface area contributed by atoms with Gasteiger partial charge in [-0.05, 0) is 30.3 Å². The molecule has 0 unspecified atom stereocenters. The second-order valence-corrected chi connectivity index (χ2v) is 4.53. The molecule has 0 bridgehead atoms. The summed E-state index contributed by atoms with van der Waals surface area (Å²) in [7, 11) is 0. The molecule has 0 saturated heterocycles. The highest BCUT2D eigenvalue weighted by atomic mass is 35.5. The topological polar surface area (TPSA) is 107 Å². The highest BCUT2D eigenvalue weighted by Crippen LogP contribution is 2.29. The maximum atomic E-state index is 12.0. The Kier molecular flexibility index (Phi) is 4.00. The van der Waals surface area contributed by atoms with Crippen LogP contribution in [0.15, 0.2) is 36.4 Å². The molecule has 1 amide bonds. The molecule has 6 nitrogen and oxygen atoms in total. The van der Waals surface area contributed by atoms with E-state index in [0.717, 1.165) is 0 Å². The molecular weight excluding hydrogens is 298 g/mol. The number of carboxylic acids is 1. The molecule has 108 valence electrons. The number of anilines is 1. The fourth-order valence-electron chi connectivity index (χ4n) is 1.68. The van der Waals surface area contributed by atoms with Gasteiger partial charge < -0.3 is 20.6 Å². The molecule has 2 aromatic carbocycles. The Morgan fingerprint density at radius 1 is 1.05 bits per heavy atom. The summed E-state index contributed by atoms with van der Waals surface area (Å²) < 4.78 is 0. The molecule has 0 aliphatic heterocycles. The highest BCUT2D eigenvalue weighted by molar-refractivity contribution is 6.33. The quantitative estimate of drug-likeness (QED) is 0.652. The SMILES string of the molecule is O=C(O)c1cc(NC(=O)c2cccc(O)c2O)ccc1Cl. The van der Waals surface area contributed by atoms with Crippen LogP contribution >= 0.6 is 11.6 Å². The number of phenols is 2. The standard InChI is InChI=1S/C14H10ClNO5/c15-10-5-4-7(6-9(10)14(20)21)16-13(19)8-2-1-3-11(17)12(8)18/h1-6,17-18H,(H,16,19)(H,20,21). The van der Waals surface area contributed by atoms with Gasteiger partial charge in [0.25, 0.3) is 5.91 Å². The van der Waals surface area contributed by atoms with E-state index in [2.05, 4.69) is 5.32 Å². The van der Waals surface area contributed by atoms with Gasteiger partial charge in [0.15, 0.2) is 11.5 Å². The number of hydrogen-bond donors (Lipinski definition) is 4. The zero-order chi connectivity index (χ0) is 15.6. The van der Waals surface area contributed by atoms with Crippen LogP contribution in [0.4, 0.5) is 5.69 Å². The van der Waals surface area contributed by atoms with Crippen LogP contribution in [0.3, 0.4) is 0 Å². The zero-order valence-electron chi connectivity index (χ0n) is 10.5. The van der Waals surface area contributed by atoms with Crippen LogP contribution in [0.1, 0.15) is 20.7 Å². The van der Waals surface area contributed by atoms with Crippen molar-refractivity contribution in [3.8, 4) is 11.5 Å². The Morgan fingerprint density at radius 2 is 1.76 bits per heavy atom. The van der Waals surface area contributed by atoms with Crippen LogP contribution in [-0.2, 0) is 0 Å². The Morgan fingerprint density at radius 3 is 2.43 bits per heavy atom. The molecule has 0 heterocycles. The second kappa shape index (κ2) is 5.72. The Balaban J connectivity index is 2.30. The lowest BCUT2D eigenvalue weighted by Crippen LogP contribution is -2.12. The predicted octanol–water partition coefficient (Wildman–Crippen LogP) is 2.70. The van der Waals surface area contributed by atoms with Gasteiger partial charge in [-0.2, -0.15) is 0 Å². The maximum absolute atomic E-state index is 12.0. The van der Waals surface area contributed by atoms with Crippen molar-refractivity contribution in [3.63, 3.8) is 0 Å². The lowest BCUT2D eigenvalue weighted by molar-refractivity contribution is 0.0696. The minimum atomic E-state index is -1.23. The molecule has 0 atom stereocenters. The van der Waals surface area contributed by atoms with E-state index in [9.17, 15) is 19.8 Å². The van der Waals surface area contributed by atoms with Crippen molar-refractivity contribution in [2.45, 2.75) is 0 Å². The molecule has 4 N–H and O–H groups in total. The van der Waals surface area contributed by atoms with E-state index in [-0.39, 0.29) is 21.8 Å². The molecule has 2 aromatic rings. The fourth-order valence-corrected chi connectivity index (χ4v) is 1.88. The van der Waals surface area contributed by atoms with E-state index < -0.39 is 23.4 Å². The molecule has 0 fully saturated rings. The summed E-state index contributed by atoms with van der Waals surface area (Å²) in [6, 6.07) is 7.90. The third kappa shape index (κ3) is 3.06.